The van der Waals surface area contributed by atoms with Gasteiger partial charge in [-0.1, -0.05) is 30.3 Å². The molecule has 0 aliphatic rings. The molecule has 8 heteroatoms. The molecule has 28 heavy (non-hydrogen) atoms. The number of benzene rings is 1. The van der Waals surface area contributed by atoms with E-state index in [1.54, 1.807) is 18.3 Å². The number of aromatic amines is 1. The van der Waals surface area contributed by atoms with Gasteiger partial charge in [0, 0.05) is 6.54 Å². The lowest BCUT2D eigenvalue weighted by Gasteiger charge is -2.24. The molecule has 0 fully saturated rings. The molecule has 1 aromatic carbocycles. The van der Waals surface area contributed by atoms with Gasteiger partial charge in [-0.2, -0.15) is 11.3 Å². The lowest BCUT2D eigenvalue weighted by molar-refractivity contribution is 0.0621. The number of aliphatic hydroxyl groups is 1. The molecule has 3 rings (SSSR count). The Hall–Kier alpha value is -1.91. The second-order valence-electron chi connectivity index (χ2n) is 6.44. The molecule has 1 atom stereocenters. The van der Waals surface area contributed by atoms with E-state index >= 15 is 0 Å². The number of H-pyrrole nitrogens is 1. The summed E-state index contributed by atoms with van der Waals surface area (Å²) >= 11 is 1.57. The van der Waals surface area contributed by atoms with Crippen LogP contribution in [0, 0.1) is 0 Å². The van der Waals surface area contributed by atoms with Gasteiger partial charge in [-0.15, -0.1) is 24.0 Å². The molecule has 1 unspecified atom stereocenters. The average Bonchev–Trinajstić information content (AvgIpc) is 3.37. The number of nitrogens with one attached hydrogen (secondary N) is 3. The maximum Gasteiger partial charge on any atom is 0.191 e. The quantitative estimate of drug-likeness (QED) is 0.221. The predicted octanol–water partition coefficient (Wildman–Crippen LogP) is 3.72. The number of rotatable bonds is 7. The SMILES string of the molecule is CCNC(=NCc1ncc(-c2ccccc2)[nH]1)NCC(C)(O)c1ccsc1.I. The fraction of sp³-hybridized carbons (Fsp3) is 0.300. The number of thiophene rings is 1. The number of halogens is 1. The molecule has 6 nitrogen and oxygen atoms in total. The summed E-state index contributed by atoms with van der Waals surface area (Å²) < 4.78 is 0. The molecule has 0 aliphatic carbocycles. The lowest BCUT2D eigenvalue weighted by atomic mass is 9.99. The van der Waals surface area contributed by atoms with E-state index < -0.39 is 5.60 Å². The summed E-state index contributed by atoms with van der Waals surface area (Å²) in [4.78, 5) is 12.3. The second-order valence-corrected chi connectivity index (χ2v) is 7.22. The Bertz CT molecular complexity index is 862. The Morgan fingerprint density at radius 2 is 2.04 bits per heavy atom. The van der Waals surface area contributed by atoms with Gasteiger partial charge in [-0.25, -0.2) is 9.98 Å². The molecule has 3 aromatic rings. The number of guanidine groups is 1. The average molecular weight is 511 g/mol. The third-order valence-electron chi connectivity index (χ3n) is 4.19. The Morgan fingerprint density at radius 3 is 2.71 bits per heavy atom. The van der Waals surface area contributed by atoms with Crippen molar-refractivity contribution in [3.05, 3.63) is 64.7 Å². The first-order valence-electron chi connectivity index (χ1n) is 8.95. The van der Waals surface area contributed by atoms with E-state index in [0.717, 1.165) is 29.2 Å². The van der Waals surface area contributed by atoms with Crippen molar-refractivity contribution >= 4 is 41.3 Å². The van der Waals surface area contributed by atoms with Crippen molar-refractivity contribution in [2.75, 3.05) is 13.1 Å². The van der Waals surface area contributed by atoms with Crippen LogP contribution < -0.4 is 10.6 Å². The number of nitrogens with zero attached hydrogens (tertiary/aromatic N) is 2. The van der Waals surface area contributed by atoms with Crippen molar-refractivity contribution in [2.45, 2.75) is 26.0 Å². The van der Waals surface area contributed by atoms with Gasteiger partial charge in [-0.3, -0.25) is 0 Å². The molecular formula is C20H26IN5OS. The van der Waals surface area contributed by atoms with Crippen molar-refractivity contribution in [3.8, 4) is 11.3 Å². The van der Waals surface area contributed by atoms with Crippen LogP contribution in [0.3, 0.4) is 0 Å². The van der Waals surface area contributed by atoms with E-state index in [1.807, 2.05) is 60.3 Å². The normalized spacial score (nSPS) is 13.5. The van der Waals surface area contributed by atoms with Crippen molar-refractivity contribution in [2.24, 2.45) is 4.99 Å². The van der Waals surface area contributed by atoms with E-state index in [-0.39, 0.29) is 24.0 Å². The van der Waals surface area contributed by atoms with Crippen LogP contribution in [0.2, 0.25) is 0 Å². The Morgan fingerprint density at radius 1 is 1.25 bits per heavy atom. The van der Waals surface area contributed by atoms with Crippen LogP contribution >= 0.6 is 35.3 Å². The molecule has 0 saturated heterocycles. The van der Waals surface area contributed by atoms with Crippen LogP contribution in [0.1, 0.15) is 25.2 Å². The van der Waals surface area contributed by atoms with E-state index in [2.05, 4.69) is 25.6 Å². The van der Waals surface area contributed by atoms with Crippen molar-refractivity contribution in [1.82, 2.24) is 20.6 Å². The standard InChI is InChI=1S/C20H25N5OS.HI/c1-3-21-19(24-14-20(2,26)16-9-10-27-13-16)23-12-18-22-11-17(25-18)15-7-5-4-6-8-15;/h4-11,13,26H,3,12,14H2,1-2H3,(H,22,25)(H2,21,23,24);1H. The minimum Gasteiger partial charge on any atom is -0.384 e. The highest BCUT2D eigenvalue weighted by Crippen LogP contribution is 2.22. The third kappa shape index (κ3) is 6.05. The molecular weight excluding hydrogens is 485 g/mol. The van der Waals surface area contributed by atoms with Gasteiger partial charge < -0.3 is 20.7 Å². The number of imidazole rings is 1. The zero-order valence-electron chi connectivity index (χ0n) is 16.0. The topological polar surface area (TPSA) is 85.3 Å². The summed E-state index contributed by atoms with van der Waals surface area (Å²) in [7, 11) is 0. The highest BCUT2D eigenvalue weighted by Gasteiger charge is 2.23. The first kappa shape index (κ1) is 22.4. The minimum atomic E-state index is -0.957. The summed E-state index contributed by atoms with van der Waals surface area (Å²) in [5.41, 5.74) is 2.01. The maximum atomic E-state index is 10.6. The highest BCUT2D eigenvalue weighted by atomic mass is 127. The summed E-state index contributed by atoms with van der Waals surface area (Å²) in [6.45, 7) is 5.32. The first-order chi connectivity index (χ1) is 13.1. The van der Waals surface area contributed by atoms with Gasteiger partial charge in [0.1, 0.15) is 18.0 Å². The van der Waals surface area contributed by atoms with Gasteiger partial charge in [0.05, 0.1) is 18.4 Å². The number of hydrogen-bond donors (Lipinski definition) is 4. The van der Waals surface area contributed by atoms with Crippen LogP contribution in [0.25, 0.3) is 11.3 Å². The van der Waals surface area contributed by atoms with Gasteiger partial charge in [-0.05, 0) is 41.8 Å². The zero-order chi connectivity index (χ0) is 19.1. The Kier molecular flexibility index (Phi) is 8.46. The van der Waals surface area contributed by atoms with Crippen LogP contribution in [0.4, 0.5) is 0 Å². The van der Waals surface area contributed by atoms with Crippen LogP contribution in [0.15, 0.2) is 58.3 Å². The van der Waals surface area contributed by atoms with Gasteiger partial charge in [0.15, 0.2) is 5.96 Å². The van der Waals surface area contributed by atoms with E-state index in [1.165, 1.54) is 0 Å². The summed E-state index contributed by atoms with van der Waals surface area (Å²) in [6, 6.07) is 12.0. The maximum absolute atomic E-state index is 10.6. The van der Waals surface area contributed by atoms with Crippen molar-refractivity contribution < 1.29 is 5.11 Å². The molecule has 2 aromatic heterocycles. The van der Waals surface area contributed by atoms with Gasteiger partial charge >= 0.3 is 0 Å². The highest BCUT2D eigenvalue weighted by molar-refractivity contribution is 14.0. The van der Waals surface area contributed by atoms with E-state index in [0.29, 0.717) is 19.0 Å². The molecule has 2 heterocycles. The molecule has 0 saturated carbocycles. The Labute approximate surface area is 186 Å². The summed E-state index contributed by atoms with van der Waals surface area (Å²) in [5, 5.41) is 21.0. The number of aromatic nitrogens is 2. The smallest absolute Gasteiger partial charge is 0.191 e. The molecule has 0 bridgehead atoms. The largest absolute Gasteiger partial charge is 0.384 e. The van der Waals surface area contributed by atoms with Crippen molar-refractivity contribution in [3.63, 3.8) is 0 Å². The number of hydrogen-bond acceptors (Lipinski definition) is 4. The minimum absolute atomic E-state index is 0. The van der Waals surface area contributed by atoms with E-state index in [4.69, 9.17) is 0 Å². The summed E-state index contributed by atoms with van der Waals surface area (Å²) in [6.07, 6.45) is 1.82. The molecule has 0 spiro atoms. The van der Waals surface area contributed by atoms with E-state index in [9.17, 15) is 5.11 Å². The third-order valence-corrected chi connectivity index (χ3v) is 4.87. The zero-order valence-corrected chi connectivity index (χ0v) is 19.1. The first-order valence-corrected chi connectivity index (χ1v) is 9.89. The molecule has 4 N–H and O–H groups in total. The van der Waals surface area contributed by atoms with Gasteiger partial charge in [0.2, 0.25) is 0 Å². The molecule has 150 valence electrons. The fourth-order valence-corrected chi connectivity index (χ4v) is 3.41. The summed E-state index contributed by atoms with van der Waals surface area (Å²) in [5.74, 6) is 1.43. The molecule has 0 amide bonds. The second kappa shape index (κ2) is 10.6. The van der Waals surface area contributed by atoms with Crippen LogP contribution in [-0.4, -0.2) is 34.1 Å². The van der Waals surface area contributed by atoms with Crippen molar-refractivity contribution in [1.29, 1.82) is 0 Å². The van der Waals surface area contributed by atoms with Gasteiger partial charge in [0.25, 0.3) is 0 Å². The van der Waals surface area contributed by atoms with Crippen LogP contribution in [-0.2, 0) is 12.1 Å². The molecule has 0 radical (unpaired) electrons. The number of aliphatic imine (C=N–C) groups is 1. The molecule has 0 aliphatic heterocycles. The lowest BCUT2D eigenvalue weighted by Crippen LogP contribution is -2.44. The predicted molar refractivity (Wildman–Crippen MR) is 126 cm³/mol. The Balaban J connectivity index is 0.00000280. The fourth-order valence-electron chi connectivity index (χ4n) is 2.63. The monoisotopic (exact) mass is 511 g/mol. The van der Waals surface area contributed by atoms with Crippen LogP contribution in [0.5, 0.6) is 0 Å².